The summed E-state index contributed by atoms with van der Waals surface area (Å²) in [6.07, 6.45) is 8.13. The molecule has 0 aromatic carbocycles. The summed E-state index contributed by atoms with van der Waals surface area (Å²) in [5.41, 5.74) is 0. The number of hydrogen-bond donors (Lipinski definition) is 0. The van der Waals surface area contributed by atoms with Gasteiger partial charge in [0, 0.05) is 0 Å². The Hall–Kier alpha value is 0.229. The molecule has 0 atom stereocenters. The quantitative estimate of drug-likeness (QED) is 0.473. The fourth-order valence-electron chi connectivity index (χ4n) is 2.90. The van der Waals surface area contributed by atoms with Crippen LogP contribution in [0, 0.1) is 0 Å². The van der Waals surface area contributed by atoms with Crippen molar-refractivity contribution in [2.24, 2.45) is 0 Å². The zero-order valence-corrected chi connectivity index (χ0v) is 17.4. The Morgan fingerprint density at radius 2 is 1.50 bits per heavy atom. The first-order valence-corrected chi connectivity index (χ1v) is 16.6. The number of aromatic nitrogens is 1. The molecule has 116 valence electrons. The molecule has 1 heterocycles. The third-order valence-electron chi connectivity index (χ3n) is 4.23. The van der Waals surface area contributed by atoms with Crippen LogP contribution in [0.1, 0.15) is 59.3 Å². The molecule has 0 N–H and O–H groups in total. The number of ether oxygens (including phenoxy) is 1. The molecular weight excluding hydrogens is 373 g/mol. The number of unbranched alkanes of at least 4 members (excludes halogenated alkanes) is 3. The van der Waals surface area contributed by atoms with Gasteiger partial charge < -0.3 is 0 Å². The van der Waals surface area contributed by atoms with Crippen molar-refractivity contribution in [1.82, 2.24) is 4.98 Å². The number of thiazole rings is 1. The summed E-state index contributed by atoms with van der Waals surface area (Å²) in [5.74, 6) is 0. The molecule has 0 amide bonds. The molecule has 0 aliphatic heterocycles. The minimum absolute atomic E-state index is 0.866. The van der Waals surface area contributed by atoms with Gasteiger partial charge >= 0.3 is 133 Å². The van der Waals surface area contributed by atoms with Crippen LogP contribution >= 0.6 is 11.3 Å². The van der Waals surface area contributed by atoms with Gasteiger partial charge in [-0.15, -0.1) is 0 Å². The van der Waals surface area contributed by atoms with Gasteiger partial charge in [-0.25, -0.2) is 0 Å². The van der Waals surface area contributed by atoms with Crippen LogP contribution in [0.15, 0.2) is 5.38 Å². The first-order chi connectivity index (χ1) is 9.72. The number of methoxy groups -OCH3 is 1. The van der Waals surface area contributed by atoms with Crippen molar-refractivity contribution >= 4 is 33.4 Å². The van der Waals surface area contributed by atoms with Gasteiger partial charge in [0.15, 0.2) is 0 Å². The van der Waals surface area contributed by atoms with Crippen LogP contribution in [0.2, 0.25) is 13.3 Å². The Balaban J connectivity index is 2.97. The maximum absolute atomic E-state index is 5.34. The molecule has 1 rings (SSSR count). The summed E-state index contributed by atoms with van der Waals surface area (Å²) in [6.45, 7) is 6.95. The van der Waals surface area contributed by atoms with Crippen LogP contribution in [0.5, 0.6) is 5.19 Å². The second kappa shape index (κ2) is 10.0. The SMILES string of the molecule is CCC[CH2][Sn]([CH2]CCC)([CH2]CCC)[c]1csc(OC)n1. The van der Waals surface area contributed by atoms with E-state index in [9.17, 15) is 0 Å². The molecule has 0 unspecified atom stereocenters. The molecule has 0 aliphatic rings. The molecule has 0 saturated heterocycles. The van der Waals surface area contributed by atoms with E-state index in [0.717, 1.165) is 5.19 Å². The van der Waals surface area contributed by atoms with Crippen LogP contribution in [0.4, 0.5) is 0 Å². The van der Waals surface area contributed by atoms with Crippen LogP contribution < -0.4 is 8.45 Å². The molecule has 4 heteroatoms. The van der Waals surface area contributed by atoms with Crippen molar-refractivity contribution in [3.05, 3.63) is 5.38 Å². The normalized spacial score (nSPS) is 11.8. The third kappa shape index (κ3) is 5.21. The van der Waals surface area contributed by atoms with Gasteiger partial charge in [-0.3, -0.25) is 0 Å². The van der Waals surface area contributed by atoms with Crippen LogP contribution in [0.25, 0.3) is 0 Å². The predicted molar refractivity (Wildman–Crippen MR) is 93.2 cm³/mol. The van der Waals surface area contributed by atoms with Gasteiger partial charge in [0.25, 0.3) is 0 Å². The topological polar surface area (TPSA) is 22.1 Å². The molecular formula is C16H31NOSSn. The summed E-state index contributed by atoms with van der Waals surface area (Å²) in [6, 6.07) is 0. The van der Waals surface area contributed by atoms with Crippen molar-refractivity contribution < 1.29 is 4.74 Å². The van der Waals surface area contributed by atoms with E-state index in [1.807, 2.05) is 0 Å². The summed E-state index contributed by atoms with van der Waals surface area (Å²) < 4.78 is 11.3. The number of rotatable bonds is 11. The van der Waals surface area contributed by atoms with Gasteiger partial charge in [0.05, 0.1) is 0 Å². The van der Waals surface area contributed by atoms with Gasteiger partial charge in [0.1, 0.15) is 0 Å². The summed E-state index contributed by atoms with van der Waals surface area (Å²) >= 11 is -0.584. The minimum atomic E-state index is -2.28. The standard InChI is InChI=1S/C4H4NOS.3C4H9.Sn/c1-6-4-5-2-3-7-4;3*1-3-4-2;/h3H,1H3;3*1,3-4H2,2H3;. The summed E-state index contributed by atoms with van der Waals surface area (Å²) in [7, 11) is 1.74. The van der Waals surface area contributed by atoms with Crippen LogP contribution in [-0.4, -0.2) is 30.5 Å². The summed E-state index contributed by atoms with van der Waals surface area (Å²) in [4.78, 5) is 4.85. The van der Waals surface area contributed by atoms with Crippen molar-refractivity contribution in [2.45, 2.75) is 72.6 Å². The van der Waals surface area contributed by atoms with E-state index in [4.69, 9.17) is 9.72 Å². The van der Waals surface area contributed by atoms with Crippen molar-refractivity contribution in [1.29, 1.82) is 0 Å². The first-order valence-electron chi connectivity index (χ1n) is 8.22. The molecule has 0 saturated carbocycles. The molecule has 0 radical (unpaired) electrons. The molecule has 0 fully saturated rings. The Labute approximate surface area is 133 Å². The Morgan fingerprint density at radius 3 is 1.85 bits per heavy atom. The average Bonchev–Trinajstić information content (AvgIpc) is 2.96. The third-order valence-corrected chi connectivity index (χ3v) is 20.7. The van der Waals surface area contributed by atoms with Gasteiger partial charge in [-0.05, 0) is 0 Å². The monoisotopic (exact) mass is 405 g/mol. The van der Waals surface area contributed by atoms with E-state index < -0.39 is 18.4 Å². The van der Waals surface area contributed by atoms with Crippen LogP contribution in [-0.2, 0) is 0 Å². The van der Waals surface area contributed by atoms with E-state index >= 15 is 0 Å². The zero-order valence-electron chi connectivity index (χ0n) is 13.7. The fourth-order valence-corrected chi connectivity index (χ4v) is 20.7. The van der Waals surface area contributed by atoms with Gasteiger partial charge in [-0.1, -0.05) is 0 Å². The Bertz CT molecular complexity index is 345. The molecule has 1 aromatic heterocycles. The Morgan fingerprint density at radius 1 is 1.00 bits per heavy atom. The second-order valence-corrected chi connectivity index (χ2v) is 19.7. The van der Waals surface area contributed by atoms with Crippen molar-refractivity contribution in [3.63, 3.8) is 0 Å². The zero-order chi connectivity index (χ0) is 14.8. The van der Waals surface area contributed by atoms with Crippen LogP contribution in [0.3, 0.4) is 0 Å². The average molecular weight is 404 g/mol. The van der Waals surface area contributed by atoms with E-state index in [-0.39, 0.29) is 0 Å². The number of nitrogens with zero attached hydrogens (tertiary/aromatic N) is 1. The van der Waals surface area contributed by atoms with E-state index in [1.165, 1.54) is 55.5 Å². The second-order valence-electron chi connectivity index (χ2n) is 5.79. The van der Waals surface area contributed by atoms with E-state index in [1.54, 1.807) is 18.4 Å². The fraction of sp³-hybridized carbons (Fsp3) is 0.812. The molecule has 1 aromatic rings. The predicted octanol–water partition coefficient (Wildman–Crippen LogP) is 5.21. The molecule has 0 aliphatic carbocycles. The van der Waals surface area contributed by atoms with E-state index in [0.29, 0.717) is 0 Å². The van der Waals surface area contributed by atoms with Crippen molar-refractivity contribution in [3.8, 4) is 5.19 Å². The first kappa shape index (κ1) is 18.3. The van der Waals surface area contributed by atoms with E-state index in [2.05, 4.69) is 26.2 Å². The van der Waals surface area contributed by atoms with Gasteiger partial charge in [0.2, 0.25) is 0 Å². The van der Waals surface area contributed by atoms with Gasteiger partial charge in [-0.2, -0.15) is 0 Å². The molecule has 20 heavy (non-hydrogen) atoms. The Kier molecular flexibility index (Phi) is 9.17. The molecule has 2 nitrogen and oxygen atoms in total. The maximum atomic E-state index is 5.34. The number of hydrogen-bond acceptors (Lipinski definition) is 3. The molecule has 0 bridgehead atoms. The summed E-state index contributed by atoms with van der Waals surface area (Å²) in [5, 5.41) is 3.20. The molecule has 0 spiro atoms. The van der Waals surface area contributed by atoms with Crippen molar-refractivity contribution in [2.75, 3.05) is 7.11 Å².